The number of hydrogen-bond acceptors (Lipinski definition) is 4. The molecule has 1 aromatic heterocycles. The van der Waals surface area contributed by atoms with E-state index < -0.39 is 0 Å². The highest BCUT2D eigenvalue weighted by Crippen LogP contribution is 2.28. The number of aryl methyl sites for hydroxylation is 2. The molecule has 0 unspecified atom stereocenters. The van der Waals surface area contributed by atoms with Crippen LogP contribution in [-0.2, 0) is 19.4 Å². The Balaban J connectivity index is 1.23. The van der Waals surface area contributed by atoms with Gasteiger partial charge in [0.1, 0.15) is 5.82 Å². The van der Waals surface area contributed by atoms with E-state index in [0.717, 1.165) is 84.4 Å². The Labute approximate surface area is 245 Å². The fourth-order valence-corrected chi connectivity index (χ4v) is 5.00. The van der Waals surface area contributed by atoms with Gasteiger partial charge in [0.15, 0.2) is 11.5 Å². The van der Waals surface area contributed by atoms with Crippen LogP contribution in [0.25, 0.3) is 11.0 Å². The van der Waals surface area contributed by atoms with Crippen molar-refractivity contribution in [1.29, 1.82) is 0 Å². The van der Waals surface area contributed by atoms with E-state index >= 15 is 0 Å². The average molecular weight is 605 g/mol. The van der Waals surface area contributed by atoms with Gasteiger partial charge in [-0.15, -0.1) is 6.58 Å². The van der Waals surface area contributed by atoms with E-state index in [-0.39, 0.29) is 5.91 Å². The van der Waals surface area contributed by atoms with Gasteiger partial charge in [0, 0.05) is 29.5 Å². The van der Waals surface area contributed by atoms with E-state index in [1.165, 1.54) is 5.52 Å². The predicted octanol–water partition coefficient (Wildman–Crippen LogP) is 7.54. The van der Waals surface area contributed by atoms with Crippen molar-refractivity contribution in [3.8, 4) is 11.5 Å². The van der Waals surface area contributed by atoms with Crippen molar-refractivity contribution in [2.24, 2.45) is 0 Å². The lowest BCUT2D eigenvalue weighted by molar-refractivity contribution is 0.0953. The number of rotatable bonds is 16. The third kappa shape index (κ3) is 8.21. The van der Waals surface area contributed by atoms with Crippen molar-refractivity contribution in [1.82, 2.24) is 14.9 Å². The Morgan fingerprint density at radius 2 is 1.82 bits per heavy atom. The Hall–Kier alpha value is -3.58. The van der Waals surface area contributed by atoms with Gasteiger partial charge < -0.3 is 19.4 Å². The molecule has 6 nitrogen and oxygen atoms in total. The summed E-state index contributed by atoms with van der Waals surface area (Å²) in [5.41, 5.74) is 4.06. The molecule has 0 saturated carbocycles. The third-order valence-corrected chi connectivity index (χ3v) is 7.37. The highest BCUT2D eigenvalue weighted by Gasteiger charge is 2.11. The Morgan fingerprint density at radius 1 is 1.00 bits per heavy atom. The van der Waals surface area contributed by atoms with Gasteiger partial charge >= 0.3 is 0 Å². The highest BCUT2D eigenvalue weighted by atomic mass is 79.9. The summed E-state index contributed by atoms with van der Waals surface area (Å²) in [5, 5.41) is 3.02. The molecule has 3 aromatic carbocycles. The molecule has 0 saturated heterocycles. The van der Waals surface area contributed by atoms with Crippen LogP contribution in [0.2, 0.25) is 0 Å². The van der Waals surface area contributed by atoms with Gasteiger partial charge in [-0.2, -0.15) is 0 Å². The van der Waals surface area contributed by atoms with Crippen LogP contribution in [0, 0.1) is 0 Å². The summed E-state index contributed by atoms with van der Waals surface area (Å²) in [4.78, 5) is 17.2. The largest absolute Gasteiger partial charge is 0.493 e. The summed E-state index contributed by atoms with van der Waals surface area (Å²) in [6.45, 7) is 6.01. The summed E-state index contributed by atoms with van der Waals surface area (Å²) in [7, 11) is 1.67. The number of aromatic nitrogens is 2. The van der Waals surface area contributed by atoms with Gasteiger partial charge in [-0.3, -0.25) is 4.79 Å². The monoisotopic (exact) mass is 603 g/mol. The number of carbonyl (C=O) groups is 1. The number of nitrogens with zero attached hydrogens (tertiary/aromatic N) is 2. The smallest absolute Gasteiger partial charge is 0.251 e. The Kier molecular flexibility index (Phi) is 11.2. The molecule has 0 atom stereocenters. The molecular formula is C33H38BrN3O3. The standard InChI is InChI=1S/C33H38BrN3O3/c1-3-11-25-15-20-30(31(24-25)39-2)40-23-10-9-22-37-29-13-7-6-12-28(29)36-32(37)14-5-4-8-21-35-33(38)26-16-18-27(34)19-17-26/h3,6-7,12-13,15-20,24H,1,4-5,8-11,14,21-23H2,2H3,(H,35,38). The number of allylic oxidation sites excluding steroid dienone is 1. The Bertz CT molecular complexity index is 1400. The van der Waals surface area contributed by atoms with Crippen molar-refractivity contribution in [2.75, 3.05) is 20.3 Å². The summed E-state index contributed by atoms with van der Waals surface area (Å²) in [6.07, 6.45) is 8.54. The SMILES string of the molecule is C=CCc1ccc(OCCCCn2c(CCCCCNC(=O)c3ccc(Br)cc3)nc3ccccc32)c(OC)c1. The molecule has 40 heavy (non-hydrogen) atoms. The summed E-state index contributed by atoms with van der Waals surface area (Å²) < 4.78 is 14.9. The predicted molar refractivity (Wildman–Crippen MR) is 165 cm³/mol. The van der Waals surface area contributed by atoms with Crippen molar-refractivity contribution < 1.29 is 14.3 Å². The van der Waals surface area contributed by atoms with E-state index in [2.05, 4.69) is 56.7 Å². The normalized spacial score (nSPS) is 10.9. The second-order valence-corrected chi connectivity index (χ2v) is 10.7. The zero-order valence-corrected chi connectivity index (χ0v) is 24.8. The number of fused-ring (bicyclic) bond motifs is 1. The van der Waals surface area contributed by atoms with Crippen LogP contribution in [0.1, 0.15) is 53.8 Å². The molecule has 1 heterocycles. The second-order valence-electron chi connectivity index (χ2n) is 9.78. The fraction of sp³-hybridized carbons (Fsp3) is 0.333. The number of benzene rings is 3. The summed E-state index contributed by atoms with van der Waals surface area (Å²) in [6, 6.07) is 21.8. The van der Waals surface area contributed by atoms with E-state index in [4.69, 9.17) is 14.5 Å². The molecule has 0 aliphatic rings. The lowest BCUT2D eigenvalue weighted by Gasteiger charge is -2.13. The first kappa shape index (κ1) is 29.4. The number of unbranched alkanes of at least 4 members (excludes halogenated alkanes) is 3. The lowest BCUT2D eigenvalue weighted by Crippen LogP contribution is -2.24. The number of para-hydroxylation sites is 2. The van der Waals surface area contributed by atoms with Crippen LogP contribution < -0.4 is 14.8 Å². The summed E-state index contributed by atoms with van der Waals surface area (Å²) >= 11 is 3.40. The van der Waals surface area contributed by atoms with Gasteiger partial charge in [0.2, 0.25) is 0 Å². The number of carbonyl (C=O) groups excluding carboxylic acids is 1. The molecular weight excluding hydrogens is 566 g/mol. The topological polar surface area (TPSA) is 65.4 Å². The first-order valence-corrected chi connectivity index (χ1v) is 14.8. The molecule has 0 spiro atoms. The Morgan fingerprint density at radius 3 is 2.62 bits per heavy atom. The van der Waals surface area contributed by atoms with E-state index in [1.807, 2.05) is 48.5 Å². The van der Waals surface area contributed by atoms with Crippen LogP contribution >= 0.6 is 15.9 Å². The number of imidazole rings is 1. The van der Waals surface area contributed by atoms with Gasteiger partial charge in [0.25, 0.3) is 5.91 Å². The highest BCUT2D eigenvalue weighted by molar-refractivity contribution is 9.10. The number of ether oxygens (including phenoxy) is 2. The van der Waals surface area contributed by atoms with Crippen molar-refractivity contribution in [2.45, 2.75) is 51.5 Å². The van der Waals surface area contributed by atoms with Crippen LogP contribution in [-0.4, -0.2) is 35.7 Å². The van der Waals surface area contributed by atoms with Gasteiger partial charge in [0.05, 0.1) is 24.8 Å². The number of halogens is 1. The minimum atomic E-state index is -0.0265. The van der Waals surface area contributed by atoms with E-state index in [1.54, 1.807) is 7.11 Å². The molecule has 0 aliphatic carbocycles. The zero-order chi connectivity index (χ0) is 28.2. The average Bonchev–Trinajstić information content (AvgIpc) is 3.32. The maximum Gasteiger partial charge on any atom is 0.251 e. The first-order chi connectivity index (χ1) is 19.6. The fourth-order valence-electron chi connectivity index (χ4n) is 4.73. The number of nitrogens with one attached hydrogen (secondary N) is 1. The molecule has 0 fully saturated rings. The third-order valence-electron chi connectivity index (χ3n) is 6.84. The minimum Gasteiger partial charge on any atom is -0.493 e. The number of amides is 1. The van der Waals surface area contributed by atoms with Crippen molar-refractivity contribution in [3.05, 3.63) is 101 Å². The van der Waals surface area contributed by atoms with Gasteiger partial charge in [-0.25, -0.2) is 4.98 Å². The molecule has 0 aliphatic heterocycles. The van der Waals surface area contributed by atoms with Crippen LogP contribution in [0.4, 0.5) is 0 Å². The molecule has 4 rings (SSSR count). The van der Waals surface area contributed by atoms with Crippen LogP contribution in [0.5, 0.6) is 11.5 Å². The zero-order valence-electron chi connectivity index (χ0n) is 23.2. The second kappa shape index (κ2) is 15.3. The molecule has 210 valence electrons. The first-order valence-electron chi connectivity index (χ1n) is 14.0. The molecule has 7 heteroatoms. The molecule has 0 radical (unpaired) electrons. The van der Waals surface area contributed by atoms with Crippen LogP contribution in [0.15, 0.2) is 83.9 Å². The number of methoxy groups -OCH3 is 1. The number of hydrogen-bond donors (Lipinski definition) is 1. The van der Waals surface area contributed by atoms with E-state index in [0.29, 0.717) is 18.7 Å². The molecule has 4 aromatic rings. The molecule has 1 amide bonds. The van der Waals surface area contributed by atoms with Gasteiger partial charge in [-0.1, -0.05) is 46.6 Å². The van der Waals surface area contributed by atoms with Gasteiger partial charge in [-0.05, 0) is 86.2 Å². The summed E-state index contributed by atoms with van der Waals surface area (Å²) in [5.74, 6) is 2.63. The van der Waals surface area contributed by atoms with Crippen molar-refractivity contribution in [3.63, 3.8) is 0 Å². The van der Waals surface area contributed by atoms with E-state index in [9.17, 15) is 4.79 Å². The lowest BCUT2D eigenvalue weighted by atomic mass is 10.1. The quantitative estimate of drug-likeness (QED) is 0.106. The van der Waals surface area contributed by atoms with Crippen molar-refractivity contribution >= 4 is 32.9 Å². The maximum atomic E-state index is 12.3. The van der Waals surface area contributed by atoms with Crippen LogP contribution in [0.3, 0.4) is 0 Å². The maximum absolute atomic E-state index is 12.3. The molecule has 1 N–H and O–H groups in total. The molecule has 0 bridgehead atoms. The minimum absolute atomic E-state index is 0.0265.